The smallest absolute Gasteiger partial charge is 0.0640 e. The Bertz CT molecular complexity index is 558. The Kier molecular flexibility index (Phi) is 5.46. The maximum atomic E-state index is 8.79. The molecule has 0 saturated carbocycles. The van der Waals surface area contributed by atoms with Crippen molar-refractivity contribution in [2.24, 2.45) is 0 Å². The molecule has 0 heterocycles. The summed E-state index contributed by atoms with van der Waals surface area (Å²) in [4.78, 5) is 2.25. The minimum Gasteiger partial charge on any atom is -0.370 e. The van der Waals surface area contributed by atoms with Crippen LogP contribution in [0.2, 0.25) is 5.02 Å². The molecule has 2 aromatic carbocycles. The van der Waals surface area contributed by atoms with Gasteiger partial charge in [-0.25, -0.2) is 0 Å². The highest BCUT2D eigenvalue weighted by Crippen LogP contribution is 2.15. The van der Waals surface area contributed by atoms with Crippen molar-refractivity contribution < 1.29 is 0 Å². The van der Waals surface area contributed by atoms with E-state index in [0.717, 1.165) is 30.2 Å². The van der Waals surface area contributed by atoms with Crippen LogP contribution in [0.3, 0.4) is 0 Å². The number of rotatable bonds is 6. The summed E-state index contributed by atoms with van der Waals surface area (Å²) in [6.07, 6.45) is 1.48. The van der Waals surface area contributed by atoms with Gasteiger partial charge in [-0.3, -0.25) is 0 Å². The summed E-state index contributed by atoms with van der Waals surface area (Å²) in [6, 6.07) is 20.4. The summed E-state index contributed by atoms with van der Waals surface area (Å²) in [5.74, 6) is 0. The van der Waals surface area contributed by atoms with Gasteiger partial charge in [0.2, 0.25) is 0 Å². The van der Waals surface area contributed by atoms with Crippen molar-refractivity contribution in [2.45, 2.75) is 12.8 Å². The SMILES string of the molecule is N#CCCN(CCc1ccc(Cl)cc1)c1ccccc1. The Hall–Kier alpha value is -1.98. The minimum atomic E-state index is 0.537. The van der Waals surface area contributed by atoms with E-state index >= 15 is 0 Å². The number of anilines is 1. The molecule has 0 saturated heterocycles. The first kappa shape index (κ1) is 14.4. The fourth-order valence-electron chi connectivity index (χ4n) is 2.11. The van der Waals surface area contributed by atoms with Crippen LogP contribution in [0.1, 0.15) is 12.0 Å². The maximum absolute atomic E-state index is 8.79. The predicted octanol–water partition coefficient (Wildman–Crippen LogP) is 4.30. The lowest BCUT2D eigenvalue weighted by Crippen LogP contribution is -2.26. The van der Waals surface area contributed by atoms with E-state index in [1.54, 1.807) is 0 Å². The standard InChI is InChI=1S/C17H17ClN2/c18-16-9-7-15(8-10-16)11-14-20(13-4-12-19)17-5-2-1-3-6-17/h1-3,5-10H,4,11,13-14H2. The minimum absolute atomic E-state index is 0.537. The monoisotopic (exact) mass is 284 g/mol. The zero-order valence-electron chi connectivity index (χ0n) is 11.3. The Labute approximate surface area is 125 Å². The van der Waals surface area contributed by atoms with E-state index in [9.17, 15) is 0 Å². The average molecular weight is 285 g/mol. The van der Waals surface area contributed by atoms with Crippen molar-refractivity contribution >= 4 is 17.3 Å². The van der Waals surface area contributed by atoms with Gasteiger partial charge in [0.25, 0.3) is 0 Å². The van der Waals surface area contributed by atoms with Gasteiger partial charge >= 0.3 is 0 Å². The molecule has 2 aromatic rings. The second-order valence-electron chi connectivity index (χ2n) is 4.61. The molecule has 0 aliphatic rings. The summed E-state index contributed by atoms with van der Waals surface area (Å²) < 4.78 is 0. The Morgan fingerprint density at radius 3 is 2.30 bits per heavy atom. The van der Waals surface area contributed by atoms with Gasteiger partial charge in [0.1, 0.15) is 0 Å². The largest absolute Gasteiger partial charge is 0.370 e. The summed E-state index contributed by atoms with van der Waals surface area (Å²) in [5, 5.41) is 9.55. The molecular formula is C17H17ClN2. The predicted molar refractivity (Wildman–Crippen MR) is 84.0 cm³/mol. The lowest BCUT2D eigenvalue weighted by Gasteiger charge is -2.23. The van der Waals surface area contributed by atoms with E-state index < -0.39 is 0 Å². The van der Waals surface area contributed by atoms with E-state index in [4.69, 9.17) is 16.9 Å². The number of halogens is 1. The normalized spacial score (nSPS) is 10.0. The molecule has 0 N–H and O–H groups in total. The summed E-state index contributed by atoms with van der Waals surface area (Å²) in [5.41, 5.74) is 2.42. The molecule has 0 fully saturated rings. The van der Waals surface area contributed by atoms with E-state index in [-0.39, 0.29) is 0 Å². The van der Waals surface area contributed by atoms with E-state index in [1.807, 2.05) is 30.3 Å². The molecule has 3 heteroatoms. The topological polar surface area (TPSA) is 27.0 Å². The van der Waals surface area contributed by atoms with Gasteiger partial charge in [-0.15, -0.1) is 0 Å². The van der Waals surface area contributed by atoms with Gasteiger partial charge in [0.05, 0.1) is 12.5 Å². The molecule has 0 aliphatic carbocycles. The molecule has 0 bridgehead atoms. The second kappa shape index (κ2) is 7.57. The Morgan fingerprint density at radius 1 is 0.950 bits per heavy atom. The molecule has 0 spiro atoms. The molecule has 102 valence electrons. The van der Waals surface area contributed by atoms with Crippen LogP contribution in [0.25, 0.3) is 0 Å². The van der Waals surface area contributed by atoms with Crippen LogP contribution in [0.15, 0.2) is 54.6 Å². The third kappa shape index (κ3) is 4.29. The van der Waals surface area contributed by atoms with Crippen molar-refractivity contribution in [3.05, 3.63) is 65.2 Å². The first-order chi connectivity index (χ1) is 9.79. The number of benzene rings is 2. The van der Waals surface area contributed by atoms with E-state index in [2.05, 4.69) is 35.2 Å². The van der Waals surface area contributed by atoms with E-state index in [0.29, 0.717) is 6.42 Å². The van der Waals surface area contributed by atoms with Gasteiger partial charge in [0, 0.05) is 23.8 Å². The fourth-order valence-corrected chi connectivity index (χ4v) is 2.23. The van der Waals surface area contributed by atoms with Crippen molar-refractivity contribution in [1.82, 2.24) is 0 Å². The third-order valence-corrected chi connectivity index (χ3v) is 3.45. The van der Waals surface area contributed by atoms with Crippen LogP contribution < -0.4 is 4.90 Å². The molecule has 2 rings (SSSR count). The highest BCUT2D eigenvalue weighted by atomic mass is 35.5. The van der Waals surface area contributed by atoms with Gasteiger partial charge in [-0.05, 0) is 36.2 Å². The van der Waals surface area contributed by atoms with Crippen molar-refractivity contribution in [3.8, 4) is 6.07 Å². The van der Waals surface area contributed by atoms with Gasteiger partial charge in [-0.1, -0.05) is 41.9 Å². The summed E-state index contributed by atoms with van der Waals surface area (Å²) >= 11 is 5.89. The van der Waals surface area contributed by atoms with Crippen molar-refractivity contribution in [2.75, 3.05) is 18.0 Å². The maximum Gasteiger partial charge on any atom is 0.0640 e. The van der Waals surface area contributed by atoms with Crippen LogP contribution in [-0.4, -0.2) is 13.1 Å². The number of para-hydroxylation sites is 1. The first-order valence-electron chi connectivity index (χ1n) is 6.71. The number of nitriles is 1. The Morgan fingerprint density at radius 2 is 1.65 bits per heavy atom. The second-order valence-corrected chi connectivity index (χ2v) is 5.04. The number of nitrogens with zero attached hydrogens (tertiary/aromatic N) is 2. The van der Waals surface area contributed by atoms with Gasteiger partial charge in [0.15, 0.2) is 0 Å². The van der Waals surface area contributed by atoms with Crippen LogP contribution in [-0.2, 0) is 6.42 Å². The average Bonchev–Trinajstić information content (AvgIpc) is 2.50. The van der Waals surface area contributed by atoms with Crippen LogP contribution in [0, 0.1) is 11.3 Å². The van der Waals surface area contributed by atoms with Crippen LogP contribution >= 0.6 is 11.6 Å². The summed E-state index contributed by atoms with van der Waals surface area (Å²) in [6.45, 7) is 1.65. The molecule has 0 aromatic heterocycles. The van der Waals surface area contributed by atoms with Crippen LogP contribution in [0.4, 0.5) is 5.69 Å². The number of hydrogen-bond donors (Lipinski definition) is 0. The van der Waals surface area contributed by atoms with Gasteiger partial charge in [-0.2, -0.15) is 5.26 Å². The fraction of sp³-hybridized carbons (Fsp3) is 0.235. The lowest BCUT2D eigenvalue weighted by atomic mass is 10.1. The first-order valence-corrected chi connectivity index (χ1v) is 7.09. The molecule has 0 aliphatic heterocycles. The molecule has 0 unspecified atom stereocenters. The Balaban J connectivity index is 2.01. The van der Waals surface area contributed by atoms with Gasteiger partial charge < -0.3 is 4.90 Å². The molecular weight excluding hydrogens is 268 g/mol. The molecule has 20 heavy (non-hydrogen) atoms. The molecule has 0 atom stereocenters. The number of hydrogen-bond acceptors (Lipinski definition) is 2. The third-order valence-electron chi connectivity index (χ3n) is 3.20. The quantitative estimate of drug-likeness (QED) is 0.791. The zero-order chi connectivity index (χ0) is 14.2. The summed E-state index contributed by atoms with van der Waals surface area (Å²) in [7, 11) is 0. The van der Waals surface area contributed by atoms with Crippen molar-refractivity contribution in [1.29, 1.82) is 5.26 Å². The van der Waals surface area contributed by atoms with Crippen LogP contribution in [0.5, 0.6) is 0 Å². The highest BCUT2D eigenvalue weighted by molar-refractivity contribution is 6.30. The highest BCUT2D eigenvalue weighted by Gasteiger charge is 2.06. The lowest BCUT2D eigenvalue weighted by molar-refractivity contribution is 0.782. The zero-order valence-corrected chi connectivity index (χ0v) is 12.1. The van der Waals surface area contributed by atoms with E-state index in [1.165, 1.54) is 5.56 Å². The molecule has 2 nitrogen and oxygen atoms in total. The van der Waals surface area contributed by atoms with Crippen molar-refractivity contribution in [3.63, 3.8) is 0 Å². The molecule has 0 amide bonds. The molecule has 0 radical (unpaired) electrons.